The summed E-state index contributed by atoms with van der Waals surface area (Å²) in [6, 6.07) is 3.01. The number of sulfonamides is 1. The molecule has 1 fully saturated rings. The van der Waals surface area contributed by atoms with Crippen molar-refractivity contribution in [1.29, 1.82) is 0 Å². The van der Waals surface area contributed by atoms with E-state index in [0.717, 1.165) is 6.42 Å². The van der Waals surface area contributed by atoms with Crippen molar-refractivity contribution in [3.05, 3.63) is 27.7 Å². The maximum Gasteiger partial charge on any atom is 0.242 e. The maximum atomic E-state index is 12.4. The smallest absolute Gasteiger partial charge is 0.242 e. The van der Waals surface area contributed by atoms with Crippen LogP contribution in [-0.2, 0) is 16.6 Å². The van der Waals surface area contributed by atoms with Crippen LogP contribution in [-0.4, -0.2) is 22.0 Å². The molecule has 0 heterocycles. The molecule has 0 spiro atoms. The molecule has 0 aliphatic heterocycles. The van der Waals surface area contributed by atoms with Gasteiger partial charge in [-0.2, -0.15) is 0 Å². The first-order valence-corrected chi connectivity index (χ1v) is 9.03. The third-order valence-electron chi connectivity index (χ3n) is 3.99. The highest BCUT2D eigenvalue weighted by atomic mass is 35.5. The summed E-state index contributed by atoms with van der Waals surface area (Å²) in [4.78, 5) is 0.0808. The minimum Gasteiger partial charge on any atom is -0.316 e. The molecule has 0 aromatic heterocycles. The van der Waals surface area contributed by atoms with Gasteiger partial charge in [0.25, 0.3) is 0 Å². The van der Waals surface area contributed by atoms with Gasteiger partial charge in [0.1, 0.15) is 4.90 Å². The first-order chi connectivity index (χ1) is 9.67. The van der Waals surface area contributed by atoms with E-state index in [2.05, 4.69) is 23.9 Å². The van der Waals surface area contributed by atoms with E-state index in [-0.39, 0.29) is 15.3 Å². The molecule has 1 atom stereocenters. The molecular formula is C14H20Cl2N2O2S. The number of benzene rings is 1. The second kappa shape index (κ2) is 6.05. The van der Waals surface area contributed by atoms with Crippen molar-refractivity contribution in [2.24, 2.45) is 11.3 Å². The van der Waals surface area contributed by atoms with Crippen molar-refractivity contribution in [1.82, 2.24) is 10.0 Å². The van der Waals surface area contributed by atoms with E-state index >= 15 is 0 Å². The van der Waals surface area contributed by atoms with Crippen LogP contribution < -0.4 is 10.0 Å². The van der Waals surface area contributed by atoms with E-state index in [0.29, 0.717) is 29.6 Å². The van der Waals surface area contributed by atoms with Crippen molar-refractivity contribution < 1.29 is 8.42 Å². The highest BCUT2D eigenvalue weighted by Crippen LogP contribution is 2.51. The Bertz CT molecular complexity index is 645. The molecule has 2 rings (SSSR count). The minimum absolute atomic E-state index is 0.0808. The number of hydrogen-bond donors (Lipinski definition) is 2. The van der Waals surface area contributed by atoms with Crippen LogP contribution in [0.1, 0.15) is 25.8 Å². The molecule has 1 aromatic carbocycles. The van der Waals surface area contributed by atoms with Gasteiger partial charge in [-0.15, -0.1) is 0 Å². The second-order valence-electron chi connectivity index (χ2n) is 6.15. The maximum absolute atomic E-state index is 12.4. The van der Waals surface area contributed by atoms with Gasteiger partial charge in [-0.1, -0.05) is 37.0 Å². The van der Waals surface area contributed by atoms with E-state index in [9.17, 15) is 8.42 Å². The van der Waals surface area contributed by atoms with E-state index in [1.807, 2.05) is 0 Å². The third kappa shape index (κ3) is 3.90. The lowest BCUT2D eigenvalue weighted by molar-refractivity contribution is 0.537. The molecule has 2 N–H and O–H groups in total. The van der Waals surface area contributed by atoms with Crippen molar-refractivity contribution in [3.8, 4) is 0 Å². The van der Waals surface area contributed by atoms with Gasteiger partial charge in [0.05, 0.1) is 5.02 Å². The molecule has 118 valence electrons. The summed E-state index contributed by atoms with van der Waals surface area (Å²) in [5.41, 5.74) is 0.930. The molecule has 1 aliphatic carbocycles. The van der Waals surface area contributed by atoms with Gasteiger partial charge in [-0.3, -0.25) is 0 Å². The van der Waals surface area contributed by atoms with E-state index in [1.165, 1.54) is 12.1 Å². The van der Waals surface area contributed by atoms with Crippen molar-refractivity contribution in [2.45, 2.75) is 31.7 Å². The Hall–Kier alpha value is -0.330. The quantitative estimate of drug-likeness (QED) is 0.828. The molecule has 1 aliphatic rings. The fourth-order valence-corrected chi connectivity index (χ4v) is 4.26. The highest BCUT2D eigenvalue weighted by molar-refractivity contribution is 7.89. The molecule has 1 unspecified atom stereocenters. The van der Waals surface area contributed by atoms with Gasteiger partial charge in [0, 0.05) is 18.1 Å². The number of rotatable bonds is 6. The Kier molecular flexibility index (Phi) is 4.90. The summed E-state index contributed by atoms with van der Waals surface area (Å²) < 4.78 is 27.5. The zero-order valence-electron chi connectivity index (χ0n) is 12.3. The standard InChI is InChI=1S/C14H20Cl2N2O2S/c1-14(2)6-10(14)8-18-21(19,20)13-4-9(7-17-3)11(15)5-12(13)16/h4-5,10,17-18H,6-8H2,1-3H3. The van der Waals surface area contributed by atoms with Crippen molar-refractivity contribution in [3.63, 3.8) is 0 Å². The first-order valence-electron chi connectivity index (χ1n) is 6.79. The van der Waals surface area contributed by atoms with Gasteiger partial charge in [0.2, 0.25) is 10.0 Å². The van der Waals surface area contributed by atoms with Crippen LogP contribution in [0, 0.1) is 11.3 Å². The average molecular weight is 351 g/mol. The lowest BCUT2D eigenvalue weighted by Gasteiger charge is -2.12. The van der Waals surface area contributed by atoms with Crippen LogP contribution >= 0.6 is 23.2 Å². The van der Waals surface area contributed by atoms with E-state index in [4.69, 9.17) is 23.2 Å². The van der Waals surface area contributed by atoms with Gasteiger partial charge in [-0.05, 0) is 42.5 Å². The minimum atomic E-state index is -3.62. The molecule has 0 bridgehead atoms. The van der Waals surface area contributed by atoms with Crippen molar-refractivity contribution in [2.75, 3.05) is 13.6 Å². The molecule has 0 radical (unpaired) electrons. The predicted octanol–water partition coefficient (Wildman–Crippen LogP) is 3.04. The van der Waals surface area contributed by atoms with Crippen LogP contribution in [0.25, 0.3) is 0 Å². The van der Waals surface area contributed by atoms with Crippen molar-refractivity contribution >= 4 is 33.2 Å². The fourth-order valence-electron chi connectivity index (χ4n) is 2.32. The zero-order valence-corrected chi connectivity index (χ0v) is 14.7. The number of nitrogens with one attached hydrogen (secondary N) is 2. The van der Waals surface area contributed by atoms with Crippen LogP contribution in [0.4, 0.5) is 0 Å². The van der Waals surface area contributed by atoms with E-state index < -0.39 is 10.0 Å². The molecule has 1 aromatic rings. The SMILES string of the molecule is CNCc1cc(S(=O)(=O)NCC2CC2(C)C)c(Cl)cc1Cl. The molecule has 0 amide bonds. The Balaban J connectivity index is 2.21. The molecule has 21 heavy (non-hydrogen) atoms. The van der Waals surface area contributed by atoms with Crippen LogP contribution in [0.5, 0.6) is 0 Å². The number of halogens is 2. The molecule has 1 saturated carbocycles. The summed E-state index contributed by atoms with van der Waals surface area (Å²) >= 11 is 12.1. The lowest BCUT2D eigenvalue weighted by Crippen LogP contribution is -2.27. The summed E-state index contributed by atoms with van der Waals surface area (Å²) in [6.07, 6.45) is 1.04. The Morgan fingerprint density at radius 1 is 1.29 bits per heavy atom. The van der Waals surface area contributed by atoms with Gasteiger partial charge >= 0.3 is 0 Å². The van der Waals surface area contributed by atoms with Gasteiger partial charge < -0.3 is 5.32 Å². The first kappa shape index (κ1) is 17.0. The van der Waals surface area contributed by atoms with Gasteiger partial charge in [0.15, 0.2) is 0 Å². The normalized spacial score (nSPS) is 20.5. The second-order valence-corrected chi connectivity index (χ2v) is 8.70. The third-order valence-corrected chi connectivity index (χ3v) is 6.24. The zero-order chi connectivity index (χ0) is 15.8. The summed E-state index contributed by atoms with van der Waals surface area (Å²) in [6.45, 7) is 5.18. The summed E-state index contributed by atoms with van der Waals surface area (Å²) in [7, 11) is -1.85. The largest absolute Gasteiger partial charge is 0.316 e. The highest BCUT2D eigenvalue weighted by Gasteiger charge is 2.45. The fraction of sp³-hybridized carbons (Fsp3) is 0.571. The van der Waals surface area contributed by atoms with E-state index in [1.54, 1.807) is 7.05 Å². The van der Waals surface area contributed by atoms with Gasteiger partial charge in [-0.25, -0.2) is 13.1 Å². The summed E-state index contributed by atoms with van der Waals surface area (Å²) in [5, 5.41) is 3.55. The Labute approximate surface area is 136 Å². The monoisotopic (exact) mass is 350 g/mol. The molecule has 7 heteroatoms. The Morgan fingerprint density at radius 2 is 1.90 bits per heavy atom. The molecule has 0 saturated heterocycles. The summed E-state index contributed by atoms with van der Waals surface area (Å²) in [5.74, 6) is 0.384. The van der Waals surface area contributed by atoms with Crippen LogP contribution in [0.15, 0.2) is 17.0 Å². The average Bonchev–Trinajstić information content (AvgIpc) is 2.98. The lowest BCUT2D eigenvalue weighted by atomic mass is 10.1. The predicted molar refractivity (Wildman–Crippen MR) is 86.3 cm³/mol. The molecular weight excluding hydrogens is 331 g/mol. The topological polar surface area (TPSA) is 58.2 Å². The molecule has 4 nitrogen and oxygen atoms in total. The van der Waals surface area contributed by atoms with Crippen LogP contribution in [0.3, 0.4) is 0 Å². The number of hydrogen-bond acceptors (Lipinski definition) is 3. The Morgan fingerprint density at radius 3 is 2.43 bits per heavy atom. The van der Waals surface area contributed by atoms with Crippen LogP contribution in [0.2, 0.25) is 10.0 Å².